The summed E-state index contributed by atoms with van der Waals surface area (Å²) in [4.78, 5) is 2.46. The molecular formula is C46H29NOS. The van der Waals surface area contributed by atoms with Crippen LogP contribution in [0.2, 0.25) is 0 Å². The molecule has 49 heavy (non-hydrogen) atoms. The first-order valence-corrected chi connectivity index (χ1v) is 17.4. The van der Waals surface area contributed by atoms with Gasteiger partial charge in [-0.3, -0.25) is 0 Å². The number of thiophene rings is 1. The van der Waals surface area contributed by atoms with Crippen LogP contribution < -0.4 is 4.90 Å². The lowest BCUT2D eigenvalue weighted by Crippen LogP contribution is -2.11. The molecule has 2 nitrogen and oxygen atoms in total. The molecule has 2 heterocycles. The van der Waals surface area contributed by atoms with Crippen LogP contribution in [0.25, 0.3) is 75.1 Å². The summed E-state index contributed by atoms with van der Waals surface area (Å²) in [5.74, 6) is 0. The Bertz CT molecular complexity index is 2850. The second-order valence-corrected chi connectivity index (χ2v) is 13.5. The average Bonchev–Trinajstić information content (AvgIpc) is 3.75. The number of hydrogen-bond acceptors (Lipinski definition) is 3. The Labute approximate surface area is 287 Å². The monoisotopic (exact) mass is 643 g/mol. The molecule has 0 saturated heterocycles. The zero-order valence-electron chi connectivity index (χ0n) is 26.5. The minimum Gasteiger partial charge on any atom is -0.456 e. The summed E-state index contributed by atoms with van der Waals surface area (Å²) >= 11 is 1.85. The summed E-state index contributed by atoms with van der Waals surface area (Å²) in [5.41, 5.74) is 9.87. The van der Waals surface area contributed by atoms with Crippen LogP contribution in [0.15, 0.2) is 180 Å². The maximum absolute atomic E-state index is 6.44. The summed E-state index contributed by atoms with van der Waals surface area (Å²) in [6.07, 6.45) is 0. The van der Waals surface area contributed by atoms with Gasteiger partial charge < -0.3 is 9.32 Å². The molecule has 10 rings (SSSR count). The highest BCUT2D eigenvalue weighted by Gasteiger charge is 2.24. The molecule has 0 spiro atoms. The van der Waals surface area contributed by atoms with Crippen molar-refractivity contribution in [1.29, 1.82) is 0 Å². The lowest BCUT2D eigenvalue weighted by molar-refractivity contribution is 0.669. The van der Waals surface area contributed by atoms with Gasteiger partial charge in [-0.2, -0.15) is 0 Å². The van der Waals surface area contributed by atoms with Gasteiger partial charge in [0.15, 0.2) is 0 Å². The highest BCUT2D eigenvalue weighted by atomic mass is 32.1. The molecule has 0 atom stereocenters. The molecule has 0 fully saturated rings. The minimum absolute atomic E-state index is 0.877. The molecule has 0 N–H and O–H groups in total. The number of rotatable bonds is 5. The van der Waals surface area contributed by atoms with Crippen molar-refractivity contribution in [3.05, 3.63) is 176 Å². The van der Waals surface area contributed by atoms with Crippen LogP contribution in [-0.4, -0.2) is 0 Å². The van der Waals surface area contributed by atoms with Crippen molar-refractivity contribution in [2.24, 2.45) is 0 Å². The average molecular weight is 644 g/mol. The third kappa shape index (κ3) is 4.47. The van der Waals surface area contributed by atoms with Gasteiger partial charge in [-0.25, -0.2) is 0 Å². The van der Waals surface area contributed by atoms with Crippen molar-refractivity contribution in [2.45, 2.75) is 0 Å². The van der Waals surface area contributed by atoms with E-state index < -0.39 is 0 Å². The quantitative estimate of drug-likeness (QED) is 0.186. The van der Waals surface area contributed by atoms with Crippen LogP contribution in [0, 0.1) is 0 Å². The molecular weight excluding hydrogens is 615 g/mol. The molecule has 0 aliphatic carbocycles. The van der Waals surface area contributed by atoms with Crippen molar-refractivity contribution < 1.29 is 4.42 Å². The third-order valence-corrected chi connectivity index (χ3v) is 10.9. The Morgan fingerprint density at radius 3 is 1.94 bits per heavy atom. The van der Waals surface area contributed by atoms with Crippen molar-refractivity contribution in [3.63, 3.8) is 0 Å². The third-order valence-electron chi connectivity index (χ3n) is 9.67. The number of benzene rings is 8. The van der Waals surface area contributed by atoms with Crippen LogP contribution in [0.3, 0.4) is 0 Å². The van der Waals surface area contributed by atoms with E-state index in [0.717, 1.165) is 44.6 Å². The fourth-order valence-electron chi connectivity index (χ4n) is 7.48. The van der Waals surface area contributed by atoms with E-state index >= 15 is 0 Å². The number of nitrogens with zero attached hydrogens (tertiary/aromatic N) is 1. The smallest absolute Gasteiger partial charge is 0.137 e. The van der Waals surface area contributed by atoms with Gasteiger partial charge in [-0.15, -0.1) is 11.3 Å². The summed E-state index contributed by atoms with van der Waals surface area (Å²) in [5, 5.41) is 7.27. The minimum atomic E-state index is 0.877. The number of anilines is 3. The van der Waals surface area contributed by atoms with Gasteiger partial charge in [-0.05, 0) is 69.9 Å². The molecule has 0 saturated carbocycles. The number of para-hydroxylation sites is 2. The zero-order chi connectivity index (χ0) is 32.3. The van der Waals surface area contributed by atoms with Gasteiger partial charge in [0, 0.05) is 26.4 Å². The predicted molar refractivity (Wildman–Crippen MR) is 210 cm³/mol. The number of fused-ring (bicyclic) bond motifs is 7. The maximum atomic E-state index is 6.44. The number of furan rings is 1. The molecule has 8 aromatic carbocycles. The van der Waals surface area contributed by atoms with Crippen LogP contribution in [0.1, 0.15) is 0 Å². The lowest BCUT2D eigenvalue weighted by Gasteiger charge is -2.29. The van der Waals surface area contributed by atoms with Gasteiger partial charge in [0.25, 0.3) is 0 Å². The Hall–Kier alpha value is -6.16. The van der Waals surface area contributed by atoms with Gasteiger partial charge >= 0.3 is 0 Å². The number of hydrogen-bond donors (Lipinski definition) is 0. The molecule has 0 amide bonds. The van der Waals surface area contributed by atoms with E-state index in [4.69, 9.17) is 4.42 Å². The van der Waals surface area contributed by atoms with E-state index in [1.807, 2.05) is 17.4 Å². The van der Waals surface area contributed by atoms with Crippen LogP contribution in [0.5, 0.6) is 0 Å². The molecule has 10 aromatic rings. The summed E-state index contributed by atoms with van der Waals surface area (Å²) in [6, 6.07) is 63.2. The molecule has 0 aliphatic heterocycles. The summed E-state index contributed by atoms with van der Waals surface area (Å²) < 4.78 is 8.98. The van der Waals surface area contributed by atoms with Crippen LogP contribution in [-0.2, 0) is 0 Å². The fraction of sp³-hybridized carbons (Fsp3) is 0. The van der Waals surface area contributed by atoms with Gasteiger partial charge in [-0.1, -0.05) is 133 Å². The first kappa shape index (κ1) is 27.9. The first-order valence-electron chi connectivity index (χ1n) is 16.6. The summed E-state index contributed by atoms with van der Waals surface area (Å²) in [7, 11) is 0. The normalized spacial score (nSPS) is 11.7. The van der Waals surface area contributed by atoms with Gasteiger partial charge in [0.1, 0.15) is 11.2 Å². The van der Waals surface area contributed by atoms with Crippen molar-refractivity contribution in [3.8, 4) is 22.3 Å². The van der Waals surface area contributed by atoms with Crippen molar-refractivity contribution >= 4 is 81.3 Å². The standard InChI is InChI=1S/C46H29NOS/c1-2-17-33-30(13-1)14-10-21-34(33)31-15-9-16-32(29-31)35-18-3-6-23-39(35)47(40-24-12-27-43-45(40)38-20-4-7-26-42(38)48-43)41-25-11-22-37-36-19-5-8-28-44(36)49-46(37)41/h1-29H. The van der Waals surface area contributed by atoms with E-state index in [0.29, 0.717) is 0 Å². The topological polar surface area (TPSA) is 16.4 Å². The lowest BCUT2D eigenvalue weighted by atomic mass is 9.94. The van der Waals surface area contributed by atoms with E-state index in [1.54, 1.807) is 0 Å². The Kier molecular flexibility index (Phi) is 6.39. The van der Waals surface area contributed by atoms with Crippen molar-refractivity contribution in [1.82, 2.24) is 0 Å². The fourth-order valence-corrected chi connectivity index (χ4v) is 8.69. The second-order valence-electron chi connectivity index (χ2n) is 12.5. The second kappa shape index (κ2) is 11.2. The highest BCUT2D eigenvalue weighted by Crippen LogP contribution is 2.50. The van der Waals surface area contributed by atoms with Crippen LogP contribution >= 0.6 is 11.3 Å². The maximum Gasteiger partial charge on any atom is 0.137 e. The Balaban J connectivity index is 1.26. The molecule has 0 radical (unpaired) electrons. The Morgan fingerprint density at radius 1 is 0.408 bits per heavy atom. The van der Waals surface area contributed by atoms with E-state index in [2.05, 4.69) is 175 Å². The van der Waals surface area contributed by atoms with E-state index in [9.17, 15) is 0 Å². The molecule has 3 heteroatoms. The van der Waals surface area contributed by atoms with Gasteiger partial charge in [0.2, 0.25) is 0 Å². The molecule has 2 aromatic heterocycles. The molecule has 230 valence electrons. The first-order chi connectivity index (χ1) is 24.3. The zero-order valence-corrected chi connectivity index (χ0v) is 27.3. The molecule has 0 unspecified atom stereocenters. The van der Waals surface area contributed by atoms with Crippen LogP contribution in [0.4, 0.5) is 17.1 Å². The van der Waals surface area contributed by atoms with E-state index in [1.165, 1.54) is 47.6 Å². The van der Waals surface area contributed by atoms with Crippen molar-refractivity contribution in [2.75, 3.05) is 4.90 Å². The SMILES string of the molecule is c1cc(-c2ccccc2N(c2cccc3c2sc2ccccc23)c2cccc3oc4ccccc4c23)cc(-c2cccc3ccccc23)c1. The summed E-state index contributed by atoms with van der Waals surface area (Å²) in [6.45, 7) is 0. The molecule has 0 bridgehead atoms. The Morgan fingerprint density at radius 2 is 1.00 bits per heavy atom. The molecule has 0 aliphatic rings. The predicted octanol–water partition coefficient (Wildman–Crippen LogP) is 13.9. The largest absolute Gasteiger partial charge is 0.456 e. The van der Waals surface area contributed by atoms with Gasteiger partial charge in [0.05, 0.1) is 27.1 Å². The highest BCUT2D eigenvalue weighted by molar-refractivity contribution is 7.26. The van der Waals surface area contributed by atoms with E-state index in [-0.39, 0.29) is 0 Å².